The van der Waals surface area contributed by atoms with Crippen LogP contribution in [0.5, 0.6) is 5.75 Å². The topological polar surface area (TPSA) is 63.6 Å². The van der Waals surface area contributed by atoms with Crippen LogP contribution in [0.4, 0.5) is 0 Å². The summed E-state index contributed by atoms with van der Waals surface area (Å²) in [6, 6.07) is 22.7. The summed E-state index contributed by atoms with van der Waals surface area (Å²) in [7, 11) is 0. The van der Waals surface area contributed by atoms with Crippen molar-refractivity contribution in [2.24, 2.45) is 0 Å². The normalized spacial score (nSPS) is 11.5. The first-order valence-corrected chi connectivity index (χ1v) is 15.7. The van der Waals surface area contributed by atoms with Crippen LogP contribution in [-0.2, 0) is 4.79 Å². The van der Waals surface area contributed by atoms with Gasteiger partial charge in [-0.25, -0.2) is 0 Å². The molecule has 0 fully saturated rings. The van der Waals surface area contributed by atoms with Crippen molar-refractivity contribution < 1.29 is 62.1 Å². The third-order valence-corrected chi connectivity index (χ3v) is 10.4. The Hall–Kier alpha value is -2.04. The van der Waals surface area contributed by atoms with Crippen molar-refractivity contribution in [2.45, 2.75) is 20.3 Å². The van der Waals surface area contributed by atoms with Crippen molar-refractivity contribution in [1.82, 2.24) is 0 Å². The van der Waals surface area contributed by atoms with Gasteiger partial charge >= 0.3 is 217 Å². The van der Waals surface area contributed by atoms with Crippen LogP contribution < -0.4 is 47.3 Å². The first-order chi connectivity index (χ1) is 16.0. The van der Waals surface area contributed by atoms with Gasteiger partial charge in [0.05, 0.1) is 0 Å². The maximum absolute atomic E-state index is 12.6. The number of rotatable bonds is 11. The van der Waals surface area contributed by atoms with Crippen LogP contribution in [0.1, 0.15) is 34.8 Å². The van der Waals surface area contributed by atoms with Crippen LogP contribution in [-0.4, -0.2) is 21.7 Å². The van der Waals surface area contributed by atoms with E-state index in [1.165, 1.54) is 5.56 Å². The molecule has 0 aliphatic carbocycles. The van der Waals surface area contributed by atoms with Crippen molar-refractivity contribution in [3.05, 3.63) is 95.1 Å². The van der Waals surface area contributed by atoms with Crippen LogP contribution in [0.3, 0.4) is 0 Å². The summed E-state index contributed by atoms with van der Waals surface area (Å²) < 4.78 is 2.31. The summed E-state index contributed by atoms with van der Waals surface area (Å²) in [5.41, 5.74) is 5.47. The Balaban J connectivity index is 1.44. The molecule has 0 bridgehead atoms. The van der Waals surface area contributed by atoms with Gasteiger partial charge in [-0.15, -0.1) is 0 Å². The fourth-order valence-electron chi connectivity index (χ4n) is 3.14. The second-order valence-electron chi connectivity index (χ2n) is 7.39. The van der Waals surface area contributed by atoms with Gasteiger partial charge in [-0.2, -0.15) is 0 Å². The first kappa shape index (κ1) is 25.6. The summed E-state index contributed by atoms with van der Waals surface area (Å²) in [6.07, 6.45) is 2.93. The summed E-state index contributed by atoms with van der Waals surface area (Å²) in [5, 5.41) is 9.03. The molecule has 3 rings (SSSR count). The van der Waals surface area contributed by atoms with Crippen molar-refractivity contribution in [1.29, 1.82) is 0 Å². The predicted molar refractivity (Wildman–Crippen MR) is 124 cm³/mol. The van der Waals surface area contributed by atoms with Crippen LogP contribution in [0.15, 0.2) is 78.4 Å². The molecule has 0 radical (unpaired) electrons. The SMILES string of the molecule is C/C(=C\c1ccccc1C)C(=O)[I-]CCC[I-]C(=O)c1ccc(-c2ccccc2OO)cc1. The third-order valence-electron chi connectivity index (χ3n) is 4.98. The molecule has 1 N–H and O–H groups in total. The molecule has 33 heavy (non-hydrogen) atoms. The van der Waals surface area contributed by atoms with Gasteiger partial charge < -0.3 is 0 Å². The zero-order valence-electron chi connectivity index (χ0n) is 18.6. The second-order valence-corrected chi connectivity index (χ2v) is 13.0. The molecule has 3 aromatic carbocycles. The van der Waals surface area contributed by atoms with Crippen LogP contribution in [0.2, 0.25) is 0 Å². The first-order valence-electron chi connectivity index (χ1n) is 10.5. The molecule has 0 heterocycles. The number of benzene rings is 3. The standard InChI is InChI=1S/C27H26I2O4/c1-19-8-3-4-9-23(19)18-20(2)26(30)28-16-7-17-29-27(31)22-14-12-21(13-15-22)24-10-5-6-11-25(24)33-32/h3-6,8-15,18,32H,7,16-17H2,1-2H3/q-2/b20-18+. The Kier molecular flexibility index (Phi) is 10.1. The maximum atomic E-state index is 12.6. The van der Waals surface area contributed by atoms with Gasteiger partial charge in [-0.3, -0.25) is 0 Å². The number of carbonyl (C=O) groups is 2. The van der Waals surface area contributed by atoms with E-state index in [4.69, 9.17) is 5.26 Å². The molecule has 0 unspecified atom stereocenters. The molecule has 6 heteroatoms. The Morgan fingerprint density at radius 1 is 0.909 bits per heavy atom. The number of para-hydroxylation sites is 1. The van der Waals surface area contributed by atoms with E-state index >= 15 is 0 Å². The van der Waals surface area contributed by atoms with E-state index in [2.05, 4.69) is 17.9 Å². The van der Waals surface area contributed by atoms with Crippen LogP contribution in [0, 0.1) is 6.92 Å². The Labute approximate surface area is 215 Å². The zero-order chi connectivity index (χ0) is 23.6. The van der Waals surface area contributed by atoms with Gasteiger partial charge in [0.25, 0.3) is 0 Å². The van der Waals surface area contributed by atoms with Crippen molar-refractivity contribution in [3.63, 3.8) is 0 Å². The molecule has 0 saturated heterocycles. The Morgan fingerprint density at radius 3 is 2.30 bits per heavy atom. The van der Waals surface area contributed by atoms with Crippen molar-refractivity contribution >= 4 is 13.7 Å². The number of hydrogen-bond acceptors (Lipinski definition) is 4. The Morgan fingerprint density at radius 2 is 1.58 bits per heavy atom. The van der Waals surface area contributed by atoms with E-state index in [1.807, 2.05) is 67.6 Å². The number of alkyl halides is 2. The predicted octanol–water partition coefficient (Wildman–Crippen LogP) is -0.148. The van der Waals surface area contributed by atoms with Crippen molar-refractivity contribution in [2.75, 3.05) is 8.86 Å². The zero-order valence-corrected chi connectivity index (χ0v) is 22.9. The van der Waals surface area contributed by atoms with Gasteiger partial charge in [0.15, 0.2) is 0 Å². The molecule has 4 nitrogen and oxygen atoms in total. The van der Waals surface area contributed by atoms with Gasteiger partial charge in [0.2, 0.25) is 0 Å². The molecule has 0 spiro atoms. The average Bonchev–Trinajstić information content (AvgIpc) is 2.85. The minimum absolute atomic E-state index is 0.215. The summed E-state index contributed by atoms with van der Waals surface area (Å²) >= 11 is -1.14. The van der Waals surface area contributed by atoms with E-state index in [0.29, 0.717) is 5.75 Å². The summed E-state index contributed by atoms with van der Waals surface area (Å²) in [6.45, 7) is 3.95. The van der Waals surface area contributed by atoms with E-state index in [1.54, 1.807) is 12.1 Å². The molecule has 0 aromatic heterocycles. The van der Waals surface area contributed by atoms with Gasteiger partial charge in [0.1, 0.15) is 0 Å². The molecular weight excluding hydrogens is 642 g/mol. The molecular formula is C27H26I2O4-2. The quantitative estimate of drug-likeness (QED) is 0.0588. The number of allylic oxidation sites excluding steroid dienone is 1. The molecule has 0 atom stereocenters. The molecule has 0 aliphatic rings. The fourth-order valence-corrected chi connectivity index (χ4v) is 8.66. The van der Waals surface area contributed by atoms with Crippen LogP contribution >= 0.6 is 0 Å². The molecule has 174 valence electrons. The van der Waals surface area contributed by atoms with E-state index < -0.39 is 42.4 Å². The summed E-state index contributed by atoms with van der Waals surface area (Å²) in [4.78, 5) is 29.5. The monoisotopic (exact) mass is 668 g/mol. The Bertz CT molecular complexity index is 1140. The van der Waals surface area contributed by atoms with Crippen molar-refractivity contribution in [3.8, 4) is 16.9 Å². The molecule has 0 amide bonds. The number of aryl methyl sites for hydroxylation is 1. The van der Waals surface area contributed by atoms with E-state index in [0.717, 1.165) is 43.1 Å². The summed E-state index contributed by atoms with van der Waals surface area (Å²) in [5.74, 6) is 0.380. The second kappa shape index (κ2) is 13.0. The molecule has 3 aromatic rings. The van der Waals surface area contributed by atoms with Crippen LogP contribution in [0.25, 0.3) is 17.2 Å². The third kappa shape index (κ3) is 7.48. The average molecular weight is 668 g/mol. The minimum atomic E-state index is -0.596. The molecule has 0 aliphatic heterocycles. The molecule has 0 saturated carbocycles. The van der Waals surface area contributed by atoms with E-state index in [-0.39, 0.29) is 7.58 Å². The van der Waals surface area contributed by atoms with Gasteiger partial charge in [-0.1, -0.05) is 0 Å². The number of halogens is 2. The van der Waals surface area contributed by atoms with E-state index in [9.17, 15) is 9.59 Å². The number of hydrogen-bond donors (Lipinski definition) is 1. The van der Waals surface area contributed by atoms with Gasteiger partial charge in [0, 0.05) is 0 Å². The fraction of sp³-hybridized carbons (Fsp3) is 0.185. The van der Waals surface area contributed by atoms with Gasteiger partial charge in [-0.05, 0) is 0 Å². The number of carbonyl (C=O) groups excluding carboxylic acids is 2.